The van der Waals surface area contributed by atoms with Gasteiger partial charge in [-0.3, -0.25) is 4.98 Å². The molecular formula is C13H14ClN. The molecule has 0 atom stereocenters. The maximum Gasteiger partial charge on any atom is 0.0720 e. The lowest BCUT2D eigenvalue weighted by Crippen LogP contribution is -2.13. The van der Waals surface area contributed by atoms with Crippen molar-refractivity contribution in [1.82, 2.24) is 4.98 Å². The summed E-state index contributed by atoms with van der Waals surface area (Å²) in [5.74, 6) is 0. The van der Waals surface area contributed by atoms with Gasteiger partial charge in [0.05, 0.1) is 5.52 Å². The van der Waals surface area contributed by atoms with Crippen molar-refractivity contribution in [2.24, 2.45) is 0 Å². The molecule has 1 heterocycles. The lowest BCUT2D eigenvalue weighted by Gasteiger charge is -2.17. The van der Waals surface area contributed by atoms with Gasteiger partial charge in [0.1, 0.15) is 0 Å². The summed E-state index contributed by atoms with van der Waals surface area (Å²) in [6, 6.07) is 9.97. The topological polar surface area (TPSA) is 12.9 Å². The summed E-state index contributed by atoms with van der Waals surface area (Å²) < 4.78 is 0. The van der Waals surface area contributed by atoms with Crippen LogP contribution < -0.4 is 0 Å². The van der Waals surface area contributed by atoms with Gasteiger partial charge in [-0.1, -0.05) is 44.5 Å². The third-order valence-corrected chi connectivity index (χ3v) is 2.66. The minimum absolute atomic E-state index is 0.0799. The van der Waals surface area contributed by atoms with Gasteiger partial charge in [-0.2, -0.15) is 0 Å². The van der Waals surface area contributed by atoms with Crippen LogP contribution in [-0.2, 0) is 5.41 Å². The van der Waals surface area contributed by atoms with E-state index in [4.69, 9.17) is 11.6 Å². The second-order valence-electron chi connectivity index (χ2n) is 4.78. The quantitative estimate of drug-likeness (QED) is 0.648. The van der Waals surface area contributed by atoms with Crippen molar-refractivity contribution >= 4 is 22.5 Å². The molecule has 1 aromatic carbocycles. The normalized spacial score (nSPS) is 12.0. The van der Waals surface area contributed by atoms with Crippen molar-refractivity contribution in [1.29, 1.82) is 0 Å². The predicted molar refractivity (Wildman–Crippen MR) is 65.5 cm³/mol. The van der Waals surface area contributed by atoms with Gasteiger partial charge in [0.2, 0.25) is 0 Å². The fourth-order valence-electron chi connectivity index (χ4n) is 1.51. The van der Waals surface area contributed by atoms with Gasteiger partial charge < -0.3 is 0 Å². The van der Waals surface area contributed by atoms with Crippen molar-refractivity contribution < 1.29 is 0 Å². The van der Waals surface area contributed by atoms with E-state index >= 15 is 0 Å². The number of hydrogen-bond acceptors (Lipinski definition) is 1. The van der Waals surface area contributed by atoms with Crippen molar-refractivity contribution in [3.05, 3.63) is 41.0 Å². The number of nitrogens with zero attached hydrogens (tertiary/aromatic N) is 1. The van der Waals surface area contributed by atoms with Gasteiger partial charge in [-0.05, 0) is 18.2 Å². The van der Waals surface area contributed by atoms with E-state index in [2.05, 4.69) is 37.9 Å². The molecule has 15 heavy (non-hydrogen) atoms. The lowest BCUT2D eigenvalue weighted by atomic mass is 9.91. The van der Waals surface area contributed by atoms with Gasteiger partial charge >= 0.3 is 0 Å². The molecule has 0 amide bonds. The molecule has 1 aromatic heterocycles. The third-order valence-electron chi connectivity index (χ3n) is 2.42. The summed E-state index contributed by atoms with van der Waals surface area (Å²) in [4.78, 5) is 4.62. The maximum absolute atomic E-state index is 5.95. The first-order valence-electron chi connectivity index (χ1n) is 5.03. The Kier molecular flexibility index (Phi) is 2.43. The fourth-order valence-corrected chi connectivity index (χ4v) is 1.67. The van der Waals surface area contributed by atoms with Gasteiger partial charge in [-0.15, -0.1) is 0 Å². The van der Waals surface area contributed by atoms with E-state index < -0.39 is 0 Å². The van der Waals surface area contributed by atoms with Crippen LogP contribution in [-0.4, -0.2) is 4.98 Å². The van der Waals surface area contributed by atoms with Crippen LogP contribution in [0.4, 0.5) is 0 Å². The number of pyridine rings is 1. The first kappa shape index (κ1) is 10.4. The molecule has 0 saturated carbocycles. The summed E-state index contributed by atoms with van der Waals surface area (Å²) in [5, 5.41) is 1.87. The number of benzene rings is 1. The highest BCUT2D eigenvalue weighted by atomic mass is 35.5. The number of rotatable bonds is 0. The molecule has 0 aliphatic heterocycles. The standard InChI is InChI=1S/C13H14ClN/c1-13(2,3)12-7-5-9-4-6-10(14)8-11(9)15-12/h4-8H,1-3H3. The van der Waals surface area contributed by atoms with Crippen molar-refractivity contribution in [3.63, 3.8) is 0 Å². The highest BCUT2D eigenvalue weighted by Crippen LogP contribution is 2.24. The predicted octanol–water partition coefficient (Wildman–Crippen LogP) is 4.19. The second-order valence-corrected chi connectivity index (χ2v) is 5.22. The van der Waals surface area contributed by atoms with E-state index in [1.165, 1.54) is 0 Å². The lowest BCUT2D eigenvalue weighted by molar-refractivity contribution is 0.571. The summed E-state index contributed by atoms with van der Waals surface area (Å²) in [5.41, 5.74) is 2.14. The summed E-state index contributed by atoms with van der Waals surface area (Å²) in [6.45, 7) is 6.48. The van der Waals surface area contributed by atoms with Crippen LogP contribution in [0.5, 0.6) is 0 Å². The molecule has 78 valence electrons. The number of fused-ring (bicyclic) bond motifs is 1. The summed E-state index contributed by atoms with van der Waals surface area (Å²) >= 11 is 5.95. The minimum Gasteiger partial charge on any atom is -0.252 e. The van der Waals surface area contributed by atoms with Crippen molar-refractivity contribution in [2.75, 3.05) is 0 Å². The highest BCUT2D eigenvalue weighted by molar-refractivity contribution is 6.31. The molecule has 2 aromatic rings. The van der Waals surface area contributed by atoms with Crippen molar-refractivity contribution in [3.8, 4) is 0 Å². The van der Waals surface area contributed by atoms with E-state index in [0.29, 0.717) is 0 Å². The SMILES string of the molecule is CC(C)(C)c1ccc2ccc(Cl)cc2n1. The van der Waals surface area contributed by atoms with Gasteiger partial charge in [-0.25, -0.2) is 0 Å². The highest BCUT2D eigenvalue weighted by Gasteiger charge is 2.15. The Hall–Kier alpha value is -1.08. The molecule has 0 bridgehead atoms. The first-order valence-corrected chi connectivity index (χ1v) is 5.41. The Balaban J connectivity index is 2.64. The first-order chi connectivity index (χ1) is 6.97. The fraction of sp³-hybridized carbons (Fsp3) is 0.308. The largest absolute Gasteiger partial charge is 0.252 e. The van der Waals surface area contributed by atoms with E-state index in [1.807, 2.05) is 18.2 Å². The van der Waals surface area contributed by atoms with Crippen LogP contribution in [0.2, 0.25) is 5.02 Å². The summed E-state index contributed by atoms with van der Waals surface area (Å²) in [7, 11) is 0. The molecule has 0 unspecified atom stereocenters. The zero-order chi connectivity index (χ0) is 11.1. The van der Waals surface area contributed by atoms with Crippen LogP contribution in [0.3, 0.4) is 0 Å². The van der Waals surface area contributed by atoms with Crippen LogP contribution in [0, 0.1) is 0 Å². The molecular weight excluding hydrogens is 206 g/mol. The zero-order valence-corrected chi connectivity index (χ0v) is 9.97. The maximum atomic E-state index is 5.95. The molecule has 0 aliphatic rings. The zero-order valence-electron chi connectivity index (χ0n) is 9.21. The summed E-state index contributed by atoms with van der Waals surface area (Å²) in [6.07, 6.45) is 0. The molecule has 1 nitrogen and oxygen atoms in total. The van der Waals surface area contributed by atoms with E-state index in [-0.39, 0.29) is 5.41 Å². The van der Waals surface area contributed by atoms with E-state index in [9.17, 15) is 0 Å². The molecule has 0 radical (unpaired) electrons. The van der Waals surface area contributed by atoms with Crippen LogP contribution in [0.15, 0.2) is 30.3 Å². The Morgan fingerprint density at radius 3 is 2.40 bits per heavy atom. The Morgan fingerprint density at radius 1 is 1.07 bits per heavy atom. The van der Waals surface area contributed by atoms with Crippen LogP contribution in [0.25, 0.3) is 10.9 Å². The monoisotopic (exact) mass is 219 g/mol. The molecule has 2 rings (SSSR count). The molecule has 0 N–H and O–H groups in total. The smallest absolute Gasteiger partial charge is 0.0720 e. The van der Waals surface area contributed by atoms with Gasteiger partial charge in [0.25, 0.3) is 0 Å². The molecule has 0 fully saturated rings. The minimum atomic E-state index is 0.0799. The van der Waals surface area contributed by atoms with Crippen LogP contribution in [0.1, 0.15) is 26.5 Å². The van der Waals surface area contributed by atoms with Gasteiger partial charge in [0.15, 0.2) is 0 Å². The third kappa shape index (κ3) is 2.13. The molecule has 0 aliphatic carbocycles. The van der Waals surface area contributed by atoms with Crippen LogP contribution >= 0.6 is 11.6 Å². The van der Waals surface area contributed by atoms with E-state index in [0.717, 1.165) is 21.6 Å². The molecule has 0 saturated heterocycles. The number of halogens is 1. The second kappa shape index (κ2) is 3.49. The van der Waals surface area contributed by atoms with E-state index in [1.54, 1.807) is 0 Å². The van der Waals surface area contributed by atoms with Crippen molar-refractivity contribution in [2.45, 2.75) is 26.2 Å². The number of hydrogen-bond donors (Lipinski definition) is 0. The average Bonchev–Trinajstić information content (AvgIpc) is 2.15. The average molecular weight is 220 g/mol. The number of aromatic nitrogens is 1. The molecule has 2 heteroatoms. The Bertz CT molecular complexity index is 497. The molecule has 0 spiro atoms. The Labute approximate surface area is 95.1 Å². The van der Waals surface area contributed by atoms with Gasteiger partial charge in [0, 0.05) is 21.5 Å². The Morgan fingerprint density at radius 2 is 1.73 bits per heavy atom.